The SMILES string of the molecule is COC(=O)C1(Nc2ccccc2Cl)CCN(C)C(C)C1. The normalized spacial score (nSPS) is 27.1. The molecule has 110 valence electrons. The molecule has 5 heteroatoms. The predicted molar refractivity (Wildman–Crippen MR) is 81.1 cm³/mol. The number of methoxy groups -OCH3 is 1. The molecule has 1 aliphatic heterocycles. The Morgan fingerprint density at radius 3 is 2.80 bits per heavy atom. The van der Waals surface area contributed by atoms with Crippen molar-refractivity contribution in [2.75, 3.05) is 26.0 Å². The van der Waals surface area contributed by atoms with Crippen LogP contribution in [0, 0.1) is 0 Å². The molecular formula is C15H21ClN2O2. The van der Waals surface area contributed by atoms with E-state index in [0.29, 0.717) is 23.9 Å². The zero-order valence-corrected chi connectivity index (χ0v) is 12.9. The number of rotatable bonds is 3. The van der Waals surface area contributed by atoms with Gasteiger partial charge in [-0.25, -0.2) is 4.79 Å². The number of para-hydroxylation sites is 1. The largest absolute Gasteiger partial charge is 0.467 e. The Morgan fingerprint density at radius 1 is 1.50 bits per heavy atom. The maximum Gasteiger partial charge on any atom is 0.331 e. The standard InChI is InChI=1S/C15H21ClN2O2/c1-11-10-15(14(19)20-3,8-9-18(11)2)17-13-7-5-4-6-12(13)16/h4-7,11,17H,8-10H2,1-3H3. The van der Waals surface area contributed by atoms with Crippen LogP contribution in [0.4, 0.5) is 5.69 Å². The Hall–Kier alpha value is -1.26. The van der Waals surface area contributed by atoms with Gasteiger partial charge < -0.3 is 15.0 Å². The molecule has 4 nitrogen and oxygen atoms in total. The van der Waals surface area contributed by atoms with Gasteiger partial charge in [0.1, 0.15) is 5.54 Å². The predicted octanol–water partition coefficient (Wildman–Crippen LogP) is 2.78. The monoisotopic (exact) mass is 296 g/mol. The summed E-state index contributed by atoms with van der Waals surface area (Å²) in [5, 5.41) is 3.94. The number of benzene rings is 1. The average Bonchev–Trinajstić information content (AvgIpc) is 2.44. The molecule has 1 aliphatic rings. The second-order valence-corrected chi connectivity index (χ2v) is 5.87. The van der Waals surface area contributed by atoms with Crippen LogP contribution in [-0.2, 0) is 9.53 Å². The second kappa shape index (κ2) is 6.02. The van der Waals surface area contributed by atoms with Crippen molar-refractivity contribution in [1.82, 2.24) is 4.90 Å². The van der Waals surface area contributed by atoms with E-state index in [1.165, 1.54) is 7.11 Å². The van der Waals surface area contributed by atoms with Gasteiger partial charge in [0.25, 0.3) is 0 Å². The van der Waals surface area contributed by atoms with E-state index in [1.807, 2.05) is 24.3 Å². The van der Waals surface area contributed by atoms with E-state index in [-0.39, 0.29) is 5.97 Å². The van der Waals surface area contributed by atoms with Gasteiger partial charge >= 0.3 is 5.97 Å². The zero-order valence-electron chi connectivity index (χ0n) is 12.1. The fourth-order valence-corrected chi connectivity index (χ4v) is 2.90. The highest BCUT2D eigenvalue weighted by Crippen LogP contribution is 2.33. The number of likely N-dealkylation sites (tertiary alicyclic amines) is 1. The molecule has 2 atom stereocenters. The van der Waals surface area contributed by atoms with Crippen molar-refractivity contribution < 1.29 is 9.53 Å². The van der Waals surface area contributed by atoms with Gasteiger partial charge in [-0.1, -0.05) is 23.7 Å². The lowest BCUT2D eigenvalue weighted by molar-refractivity contribution is -0.148. The van der Waals surface area contributed by atoms with Crippen LogP contribution in [0.15, 0.2) is 24.3 Å². The molecule has 1 N–H and O–H groups in total. The van der Waals surface area contributed by atoms with Gasteiger partial charge in [-0.05, 0) is 38.9 Å². The van der Waals surface area contributed by atoms with Crippen LogP contribution in [-0.4, -0.2) is 43.2 Å². The van der Waals surface area contributed by atoms with Gasteiger partial charge in [0.2, 0.25) is 0 Å². The molecule has 20 heavy (non-hydrogen) atoms. The number of hydrogen-bond donors (Lipinski definition) is 1. The maximum atomic E-state index is 12.3. The summed E-state index contributed by atoms with van der Waals surface area (Å²) in [5.74, 6) is -0.225. The van der Waals surface area contributed by atoms with Crippen LogP contribution >= 0.6 is 11.6 Å². The van der Waals surface area contributed by atoms with Crippen LogP contribution < -0.4 is 5.32 Å². The van der Waals surface area contributed by atoms with Gasteiger partial charge in [-0.3, -0.25) is 0 Å². The van der Waals surface area contributed by atoms with E-state index in [4.69, 9.17) is 16.3 Å². The first-order chi connectivity index (χ1) is 9.48. The molecule has 1 saturated heterocycles. The van der Waals surface area contributed by atoms with Gasteiger partial charge in [0.05, 0.1) is 17.8 Å². The van der Waals surface area contributed by atoms with Crippen LogP contribution in [0.5, 0.6) is 0 Å². The summed E-state index contributed by atoms with van der Waals surface area (Å²) < 4.78 is 5.03. The van der Waals surface area contributed by atoms with Crippen LogP contribution in [0.2, 0.25) is 5.02 Å². The molecule has 2 unspecified atom stereocenters. The number of piperidine rings is 1. The van der Waals surface area contributed by atoms with Crippen molar-refractivity contribution in [3.8, 4) is 0 Å². The van der Waals surface area contributed by atoms with Gasteiger partial charge in [0, 0.05) is 12.6 Å². The molecule has 0 aromatic heterocycles. The quantitative estimate of drug-likeness (QED) is 0.871. The van der Waals surface area contributed by atoms with E-state index in [9.17, 15) is 4.79 Å². The molecule has 1 aromatic rings. The number of hydrogen-bond acceptors (Lipinski definition) is 4. The third-order valence-electron chi connectivity index (χ3n) is 4.11. The van der Waals surface area contributed by atoms with Gasteiger partial charge in [-0.15, -0.1) is 0 Å². The molecule has 0 saturated carbocycles. The minimum atomic E-state index is -0.703. The first-order valence-corrected chi connectivity index (χ1v) is 7.18. The Labute approximate surface area is 125 Å². The lowest BCUT2D eigenvalue weighted by atomic mass is 9.83. The number of carbonyl (C=O) groups excluding carboxylic acids is 1. The summed E-state index contributed by atoms with van der Waals surface area (Å²) in [6, 6.07) is 7.77. The molecule has 2 rings (SSSR count). The smallest absolute Gasteiger partial charge is 0.331 e. The number of nitrogens with zero attached hydrogens (tertiary/aromatic N) is 1. The van der Waals surface area contributed by atoms with Crippen molar-refractivity contribution in [1.29, 1.82) is 0 Å². The minimum Gasteiger partial charge on any atom is -0.467 e. The lowest BCUT2D eigenvalue weighted by Crippen LogP contribution is -2.57. The lowest BCUT2D eigenvalue weighted by Gasteiger charge is -2.43. The highest BCUT2D eigenvalue weighted by molar-refractivity contribution is 6.33. The Balaban J connectivity index is 2.29. The average molecular weight is 297 g/mol. The highest BCUT2D eigenvalue weighted by Gasteiger charge is 2.44. The third kappa shape index (κ3) is 2.91. The van der Waals surface area contributed by atoms with Crippen molar-refractivity contribution in [2.24, 2.45) is 0 Å². The summed E-state index contributed by atoms with van der Waals surface area (Å²) in [6.45, 7) is 2.96. The number of nitrogens with one attached hydrogen (secondary N) is 1. The van der Waals surface area contributed by atoms with Crippen LogP contribution in [0.25, 0.3) is 0 Å². The van der Waals surface area contributed by atoms with E-state index in [2.05, 4.69) is 24.2 Å². The Bertz CT molecular complexity index is 495. The first kappa shape index (κ1) is 15.1. The zero-order chi connectivity index (χ0) is 14.8. The molecule has 0 radical (unpaired) electrons. The molecule has 1 aromatic carbocycles. The molecule has 0 aliphatic carbocycles. The highest BCUT2D eigenvalue weighted by atomic mass is 35.5. The maximum absolute atomic E-state index is 12.3. The summed E-state index contributed by atoms with van der Waals surface area (Å²) in [5.41, 5.74) is 0.0717. The van der Waals surface area contributed by atoms with E-state index in [1.54, 1.807) is 0 Å². The van der Waals surface area contributed by atoms with Crippen molar-refractivity contribution in [3.63, 3.8) is 0 Å². The first-order valence-electron chi connectivity index (χ1n) is 6.80. The Morgan fingerprint density at radius 2 is 2.20 bits per heavy atom. The molecule has 0 bridgehead atoms. The second-order valence-electron chi connectivity index (χ2n) is 5.46. The van der Waals surface area contributed by atoms with Gasteiger partial charge in [0.15, 0.2) is 0 Å². The van der Waals surface area contributed by atoms with Crippen LogP contribution in [0.3, 0.4) is 0 Å². The third-order valence-corrected chi connectivity index (χ3v) is 4.44. The van der Waals surface area contributed by atoms with Gasteiger partial charge in [-0.2, -0.15) is 0 Å². The Kier molecular flexibility index (Phi) is 4.55. The summed E-state index contributed by atoms with van der Waals surface area (Å²) >= 11 is 6.19. The topological polar surface area (TPSA) is 41.6 Å². The van der Waals surface area contributed by atoms with Crippen molar-refractivity contribution in [3.05, 3.63) is 29.3 Å². The number of carbonyl (C=O) groups is 1. The summed E-state index contributed by atoms with van der Waals surface area (Å²) in [7, 11) is 3.50. The number of halogens is 1. The molecule has 1 fully saturated rings. The van der Waals surface area contributed by atoms with E-state index >= 15 is 0 Å². The number of esters is 1. The van der Waals surface area contributed by atoms with Crippen molar-refractivity contribution in [2.45, 2.75) is 31.3 Å². The van der Waals surface area contributed by atoms with Crippen LogP contribution in [0.1, 0.15) is 19.8 Å². The molecular weight excluding hydrogens is 276 g/mol. The fourth-order valence-electron chi connectivity index (χ4n) is 2.72. The van der Waals surface area contributed by atoms with E-state index < -0.39 is 5.54 Å². The fraction of sp³-hybridized carbons (Fsp3) is 0.533. The number of ether oxygens (including phenoxy) is 1. The summed E-state index contributed by atoms with van der Waals surface area (Å²) in [6.07, 6.45) is 1.40. The minimum absolute atomic E-state index is 0.225. The number of anilines is 1. The molecule has 1 heterocycles. The van der Waals surface area contributed by atoms with Crippen molar-refractivity contribution >= 4 is 23.3 Å². The van der Waals surface area contributed by atoms with E-state index in [0.717, 1.165) is 12.2 Å². The molecule has 0 spiro atoms. The molecule has 0 amide bonds. The summed E-state index contributed by atoms with van der Waals surface area (Å²) in [4.78, 5) is 14.6.